The summed E-state index contributed by atoms with van der Waals surface area (Å²) >= 11 is 1.66. The predicted molar refractivity (Wildman–Crippen MR) is 111 cm³/mol. The first-order valence-electron chi connectivity index (χ1n) is 9.90. The van der Waals surface area contributed by atoms with Crippen molar-refractivity contribution >= 4 is 21.6 Å². The zero-order chi connectivity index (χ0) is 18.7. The van der Waals surface area contributed by atoms with Crippen LogP contribution < -0.4 is 0 Å². The molecule has 0 amide bonds. The molecule has 2 aromatic heterocycles. The third-order valence-corrected chi connectivity index (χ3v) is 7.25. The van der Waals surface area contributed by atoms with Crippen LogP contribution in [0.25, 0.3) is 32.7 Å². The number of thiazole rings is 1. The number of imidazole rings is 1. The van der Waals surface area contributed by atoms with E-state index >= 15 is 0 Å². The summed E-state index contributed by atoms with van der Waals surface area (Å²) in [5.41, 5.74) is 7.60. The molecule has 1 aliphatic carbocycles. The second-order valence-corrected chi connectivity index (χ2v) is 9.12. The SMILES string of the molecule is Fc1ccc(-c2nc3n(c2-c2ccc4ncsc4c2)CC2(CCCC2)C3)cc1. The third kappa shape index (κ3) is 2.46. The largest absolute Gasteiger partial charge is 0.327 e. The van der Waals surface area contributed by atoms with Crippen molar-refractivity contribution in [2.24, 2.45) is 5.41 Å². The summed E-state index contributed by atoms with van der Waals surface area (Å²) in [6.07, 6.45) is 6.32. The Kier molecular flexibility index (Phi) is 3.51. The number of aromatic nitrogens is 3. The smallest absolute Gasteiger partial charge is 0.123 e. The standard InChI is InChI=1S/C23H20FN3S/c24-17-6-3-15(4-7-17)21-22(16-5-8-18-19(11-16)28-14-25-18)27-13-23(9-1-2-10-23)12-20(27)26-21/h3-8,11,14H,1-2,9-10,12-13H2. The highest BCUT2D eigenvalue weighted by Gasteiger charge is 2.42. The summed E-state index contributed by atoms with van der Waals surface area (Å²) in [4.78, 5) is 9.50. The van der Waals surface area contributed by atoms with Gasteiger partial charge in [0.25, 0.3) is 0 Å². The maximum absolute atomic E-state index is 13.5. The van der Waals surface area contributed by atoms with Crippen molar-refractivity contribution in [3.05, 3.63) is 59.6 Å². The van der Waals surface area contributed by atoms with Crippen LogP contribution in [0.4, 0.5) is 4.39 Å². The topological polar surface area (TPSA) is 30.7 Å². The van der Waals surface area contributed by atoms with Gasteiger partial charge in [-0.05, 0) is 54.7 Å². The van der Waals surface area contributed by atoms with Crippen molar-refractivity contribution in [3.8, 4) is 22.5 Å². The monoisotopic (exact) mass is 389 g/mol. The normalized spacial score (nSPS) is 17.6. The van der Waals surface area contributed by atoms with Crippen LogP contribution in [0.3, 0.4) is 0 Å². The number of hydrogen-bond donors (Lipinski definition) is 0. The lowest BCUT2D eigenvalue weighted by Crippen LogP contribution is -2.18. The van der Waals surface area contributed by atoms with Gasteiger partial charge in [0.15, 0.2) is 0 Å². The highest BCUT2D eigenvalue weighted by Crippen LogP contribution is 2.49. The molecule has 0 bridgehead atoms. The van der Waals surface area contributed by atoms with E-state index in [4.69, 9.17) is 4.98 Å². The second kappa shape index (κ2) is 5.98. The second-order valence-electron chi connectivity index (χ2n) is 8.24. The molecule has 3 heterocycles. The molecule has 6 rings (SSSR count). The van der Waals surface area contributed by atoms with Crippen LogP contribution in [-0.4, -0.2) is 14.5 Å². The minimum absolute atomic E-state index is 0.215. The zero-order valence-corrected chi connectivity index (χ0v) is 16.3. The van der Waals surface area contributed by atoms with Gasteiger partial charge in [0, 0.05) is 24.1 Å². The van der Waals surface area contributed by atoms with Gasteiger partial charge in [-0.25, -0.2) is 14.4 Å². The van der Waals surface area contributed by atoms with E-state index in [-0.39, 0.29) is 5.82 Å². The molecule has 0 N–H and O–H groups in total. The van der Waals surface area contributed by atoms with Crippen LogP contribution in [0, 0.1) is 11.2 Å². The molecule has 1 saturated carbocycles. The molecule has 1 spiro atoms. The fourth-order valence-electron chi connectivity index (χ4n) is 5.10. The van der Waals surface area contributed by atoms with E-state index in [1.807, 2.05) is 17.6 Å². The first kappa shape index (κ1) is 16.4. The van der Waals surface area contributed by atoms with Gasteiger partial charge in [0.1, 0.15) is 11.6 Å². The van der Waals surface area contributed by atoms with E-state index in [0.29, 0.717) is 5.41 Å². The Balaban J connectivity index is 1.55. The lowest BCUT2D eigenvalue weighted by Gasteiger charge is -2.22. The average Bonchev–Trinajstić information content (AvgIpc) is 3.46. The van der Waals surface area contributed by atoms with Gasteiger partial charge < -0.3 is 4.57 Å². The van der Waals surface area contributed by atoms with Crippen LogP contribution in [0.15, 0.2) is 48.0 Å². The molecule has 2 aliphatic rings. The maximum Gasteiger partial charge on any atom is 0.123 e. The molecule has 0 saturated heterocycles. The Morgan fingerprint density at radius 3 is 2.61 bits per heavy atom. The molecule has 0 radical (unpaired) electrons. The van der Waals surface area contributed by atoms with E-state index in [1.165, 1.54) is 59.6 Å². The Bertz CT molecular complexity index is 1180. The minimum atomic E-state index is -0.215. The van der Waals surface area contributed by atoms with Crippen molar-refractivity contribution < 1.29 is 4.39 Å². The first-order chi connectivity index (χ1) is 13.7. The summed E-state index contributed by atoms with van der Waals surface area (Å²) in [6, 6.07) is 13.2. The van der Waals surface area contributed by atoms with E-state index < -0.39 is 0 Å². The highest BCUT2D eigenvalue weighted by atomic mass is 32.1. The van der Waals surface area contributed by atoms with Crippen molar-refractivity contribution in [3.63, 3.8) is 0 Å². The van der Waals surface area contributed by atoms with E-state index in [9.17, 15) is 4.39 Å². The van der Waals surface area contributed by atoms with Crippen LogP contribution in [0.5, 0.6) is 0 Å². The molecule has 2 aromatic carbocycles. The quantitative estimate of drug-likeness (QED) is 0.416. The number of nitrogens with zero attached hydrogens (tertiary/aromatic N) is 3. The fraction of sp³-hybridized carbons (Fsp3) is 0.304. The molecule has 1 aliphatic heterocycles. The third-order valence-electron chi connectivity index (χ3n) is 6.46. The molecule has 140 valence electrons. The van der Waals surface area contributed by atoms with Crippen LogP contribution >= 0.6 is 11.3 Å². The average molecular weight is 389 g/mol. The lowest BCUT2D eigenvalue weighted by atomic mass is 9.85. The van der Waals surface area contributed by atoms with Gasteiger partial charge >= 0.3 is 0 Å². The maximum atomic E-state index is 13.5. The van der Waals surface area contributed by atoms with Crippen LogP contribution in [0.2, 0.25) is 0 Å². The number of rotatable bonds is 2. The van der Waals surface area contributed by atoms with Gasteiger partial charge in [-0.15, -0.1) is 11.3 Å². The number of benzene rings is 2. The predicted octanol–water partition coefficient (Wildman–Crippen LogP) is 6.08. The molecule has 0 atom stereocenters. The molecule has 4 aromatic rings. The Morgan fingerprint density at radius 1 is 1.00 bits per heavy atom. The van der Waals surface area contributed by atoms with Crippen LogP contribution in [-0.2, 0) is 13.0 Å². The molecule has 0 unspecified atom stereocenters. The Labute approximate surface area is 166 Å². The summed E-state index contributed by atoms with van der Waals surface area (Å²) in [7, 11) is 0. The summed E-state index contributed by atoms with van der Waals surface area (Å²) in [5.74, 6) is 0.966. The van der Waals surface area contributed by atoms with Gasteiger partial charge in [-0.3, -0.25) is 0 Å². The number of halogens is 1. The van der Waals surface area contributed by atoms with E-state index in [2.05, 4.69) is 27.8 Å². The highest BCUT2D eigenvalue weighted by molar-refractivity contribution is 7.16. The number of hydrogen-bond acceptors (Lipinski definition) is 3. The van der Waals surface area contributed by atoms with Crippen molar-refractivity contribution in [1.82, 2.24) is 14.5 Å². The molecular formula is C23H20FN3S. The fourth-order valence-corrected chi connectivity index (χ4v) is 5.81. The number of fused-ring (bicyclic) bond motifs is 2. The van der Waals surface area contributed by atoms with Gasteiger partial charge in [0.05, 0.1) is 27.1 Å². The van der Waals surface area contributed by atoms with Crippen molar-refractivity contribution in [2.45, 2.75) is 38.6 Å². The minimum Gasteiger partial charge on any atom is -0.327 e. The van der Waals surface area contributed by atoms with E-state index in [0.717, 1.165) is 29.7 Å². The van der Waals surface area contributed by atoms with E-state index in [1.54, 1.807) is 11.3 Å². The molecule has 3 nitrogen and oxygen atoms in total. The van der Waals surface area contributed by atoms with Crippen molar-refractivity contribution in [1.29, 1.82) is 0 Å². The molecule has 5 heteroatoms. The Hall–Kier alpha value is -2.53. The lowest BCUT2D eigenvalue weighted by molar-refractivity contribution is 0.291. The Morgan fingerprint density at radius 2 is 1.79 bits per heavy atom. The summed E-state index contributed by atoms with van der Waals surface area (Å²) in [5, 5.41) is 0. The first-order valence-corrected chi connectivity index (χ1v) is 10.8. The summed E-state index contributed by atoms with van der Waals surface area (Å²) < 4.78 is 17.1. The van der Waals surface area contributed by atoms with Gasteiger partial charge in [0.2, 0.25) is 0 Å². The summed E-state index contributed by atoms with van der Waals surface area (Å²) in [6.45, 7) is 1.05. The molecule has 1 fully saturated rings. The zero-order valence-electron chi connectivity index (χ0n) is 15.5. The molecular weight excluding hydrogens is 369 g/mol. The molecule has 28 heavy (non-hydrogen) atoms. The van der Waals surface area contributed by atoms with Gasteiger partial charge in [-0.1, -0.05) is 18.9 Å². The van der Waals surface area contributed by atoms with Gasteiger partial charge in [-0.2, -0.15) is 0 Å². The van der Waals surface area contributed by atoms with Crippen LogP contribution in [0.1, 0.15) is 31.5 Å². The van der Waals surface area contributed by atoms with Crippen molar-refractivity contribution in [2.75, 3.05) is 0 Å².